The van der Waals surface area contributed by atoms with Crippen LogP contribution in [0.2, 0.25) is 0 Å². The van der Waals surface area contributed by atoms with Gasteiger partial charge in [-0.3, -0.25) is 4.79 Å². The largest absolute Gasteiger partial charge is 0.497 e. The Hall–Kier alpha value is -3.80. The van der Waals surface area contributed by atoms with Gasteiger partial charge in [0.05, 0.1) is 18.1 Å². The molecule has 0 bridgehead atoms. The summed E-state index contributed by atoms with van der Waals surface area (Å²) in [6.45, 7) is 0. The number of pyridine rings is 1. The number of carbonyl (C=O) groups is 1. The smallest absolute Gasteiger partial charge is 0.256 e. The molecule has 0 fully saturated rings. The molecule has 1 N–H and O–H groups in total. The molecule has 5 rings (SSSR count). The van der Waals surface area contributed by atoms with Crippen LogP contribution in [0.1, 0.15) is 10.4 Å². The Kier molecular flexibility index (Phi) is 3.36. The standard InChI is InChI=1S/C21H14N4O2/c1-27-14-5-2-12(3-6-14)21(26)25-20-15-7-9-17-19-16(23-11-24-17)8-4-13(10-22-20)18(15)19/h2-11H,1H3,(H,22,25,26). The van der Waals surface area contributed by atoms with Crippen LogP contribution in [-0.2, 0) is 0 Å². The van der Waals surface area contributed by atoms with E-state index in [1.165, 1.54) is 0 Å². The molecule has 130 valence electrons. The van der Waals surface area contributed by atoms with E-state index in [2.05, 4.69) is 20.3 Å². The Morgan fingerprint density at radius 1 is 0.889 bits per heavy atom. The summed E-state index contributed by atoms with van der Waals surface area (Å²) < 4.78 is 5.13. The van der Waals surface area contributed by atoms with Gasteiger partial charge in [0.25, 0.3) is 5.91 Å². The Morgan fingerprint density at radius 3 is 2.37 bits per heavy atom. The van der Waals surface area contributed by atoms with Crippen molar-refractivity contribution in [1.82, 2.24) is 15.0 Å². The molecular formula is C21H14N4O2. The second-order valence-electron chi connectivity index (χ2n) is 6.22. The predicted octanol–water partition coefficient (Wildman–Crippen LogP) is 4.03. The molecule has 6 nitrogen and oxygen atoms in total. The minimum absolute atomic E-state index is 0.226. The van der Waals surface area contributed by atoms with Gasteiger partial charge in [-0.25, -0.2) is 15.0 Å². The summed E-state index contributed by atoms with van der Waals surface area (Å²) in [6.07, 6.45) is 3.32. The summed E-state index contributed by atoms with van der Waals surface area (Å²) in [5.74, 6) is 0.991. The lowest BCUT2D eigenvalue weighted by Crippen LogP contribution is -2.13. The third kappa shape index (κ3) is 2.42. The predicted molar refractivity (Wildman–Crippen MR) is 104 cm³/mol. The van der Waals surface area contributed by atoms with Gasteiger partial charge in [-0.05, 0) is 42.5 Å². The van der Waals surface area contributed by atoms with Gasteiger partial charge in [0.15, 0.2) is 0 Å². The molecule has 0 aliphatic heterocycles. The topological polar surface area (TPSA) is 77.0 Å². The van der Waals surface area contributed by atoms with E-state index < -0.39 is 0 Å². The van der Waals surface area contributed by atoms with Crippen molar-refractivity contribution in [3.05, 3.63) is 66.6 Å². The zero-order chi connectivity index (χ0) is 18.4. The molecule has 0 aliphatic rings. The molecule has 0 atom stereocenters. The lowest BCUT2D eigenvalue weighted by atomic mass is 10.0. The van der Waals surface area contributed by atoms with Crippen molar-refractivity contribution in [1.29, 1.82) is 0 Å². The van der Waals surface area contributed by atoms with Crippen molar-refractivity contribution in [2.75, 3.05) is 12.4 Å². The van der Waals surface area contributed by atoms with Crippen molar-refractivity contribution >= 4 is 44.3 Å². The van der Waals surface area contributed by atoms with Gasteiger partial charge >= 0.3 is 0 Å². The summed E-state index contributed by atoms with van der Waals surface area (Å²) in [7, 11) is 1.59. The van der Waals surface area contributed by atoms with Crippen LogP contribution in [0.15, 0.2) is 61.1 Å². The number of anilines is 1. The number of ether oxygens (including phenoxy) is 1. The van der Waals surface area contributed by atoms with Crippen molar-refractivity contribution in [2.24, 2.45) is 0 Å². The molecular weight excluding hydrogens is 340 g/mol. The Morgan fingerprint density at radius 2 is 1.63 bits per heavy atom. The van der Waals surface area contributed by atoms with Gasteiger partial charge in [-0.15, -0.1) is 0 Å². The zero-order valence-corrected chi connectivity index (χ0v) is 14.4. The fourth-order valence-electron chi connectivity index (χ4n) is 3.38. The van der Waals surface area contributed by atoms with Crippen LogP contribution in [0, 0.1) is 0 Å². The van der Waals surface area contributed by atoms with E-state index in [-0.39, 0.29) is 5.91 Å². The Bertz CT molecular complexity index is 1280. The maximum absolute atomic E-state index is 12.7. The number of nitrogens with one attached hydrogen (secondary N) is 1. The molecule has 0 saturated carbocycles. The lowest BCUT2D eigenvalue weighted by molar-refractivity contribution is 0.102. The molecule has 2 heterocycles. The molecule has 0 aliphatic carbocycles. The zero-order valence-electron chi connectivity index (χ0n) is 14.4. The van der Waals surface area contributed by atoms with E-state index in [0.29, 0.717) is 17.1 Å². The molecule has 27 heavy (non-hydrogen) atoms. The van der Waals surface area contributed by atoms with Gasteiger partial charge in [0, 0.05) is 33.3 Å². The van der Waals surface area contributed by atoms with Crippen molar-refractivity contribution in [3.63, 3.8) is 0 Å². The van der Waals surface area contributed by atoms with Gasteiger partial charge in [-0.1, -0.05) is 6.07 Å². The highest BCUT2D eigenvalue weighted by atomic mass is 16.5. The minimum atomic E-state index is -0.226. The third-order valence-electron chi connectivity index (χ3n) is 4.71. The van der Waals surface area contributed by atoms with Crippen LogP contribution < -0.4 is 10.1 Å². The van der Waals surface area contributed by atoms with Gasteiger partial charge in [0.1, 0.15) is 17.9 Å². The fraction of sp³-hybridized carbons (Fsp3) is 0.0476. The fourth-order valence-corrected chi connectivity index (χ4v) is 3.38. The number of amides is 1. The second kappa shape index (κ2) is 5.88. The molecule has 0 saturated heterocycles. The highest BCUT2D eigenvalue weighted by molar-refractivity contribution is 6.24. The molecule has 3 aromatic carbocycles. The molecule has 0 radical (unpaired) electrons. The number of nitrogens with zero attached hydrogens (tertiary/aromatic N) is 3. The molecule has 5 aromatic rings. The van der Waals surface area contributed by atoms with Gasteiger partial charge in [0.2, 0.25) is 0 Å². The minimum Gasteiger partial charge on any atom is -0.497 e. The molecule has 6 heteroatoms. The van der Waals surface area contributed by atoms with E-state index in [1.54, 1.807) is 43.9 Å². The van der Waals surface area contributed by atoms with Crippen LogP contribution in [0.4, 0.5) is 5.82 Å². The second-order valence-corrected chi connectivity index (χ2v) is 6.22. The van der Waals surface area contributed by atoms with Crippen LogP contribution in [0.3, 0.4) is 0 Å². The van der Waals surface area contributed by atoms with Crippen molar-refractivity contribution in [2.45, 2.75) is 0 Å². The summed E-state index contributed by atoms with van der Waals surface area (Å²) >= 11 is 0. The summed E-state index contributed by atoms with van der Waals surface area (Å²) in [6, 6.07) is 14.8. The van der Waals surface area contributed by atoms with E-state index in [1.807, 2.05) is 24.3 Å². The summed E-state index contributed by atoms with van der Waals surface area (Å²) in [4.78, 5) is 25.8. The maximum atomic E-state index is 12.7. The molecule has 0 spiro atoms. The number of benzene rings is 3. The van der Waals surface area contributed by atoms with Crippen LogP contribution in [-0.4, -0.2) is 28.0 Å². The van der Waals surface area contributed by atoms with Crippen LogP contribution >= 0.6 is 0 Å². The normalized spacial score (nSPS) is 11.3. The number of carbonyl (C=O) groups excluding carboxylic acids is 1. The number of hydrogen-bond acceptors (Lipinski definition) is 5. The van der Waals surface area contributed by atoms with E-state index in [4.69, 9.17) is 4.74 Å². The highest BCUT2D eigenvalue weighted by Gasteiger charge is 2.15. The SMILES string of the molecule is COc1ccc(C(=O)Nc2ncc3ccc4ncnc5ccc2c3c45)cc1. The first-order valence-electron chi connectivity index (χ1n) is 8.44. The average Bonchev–Trinajstić information content (AvgIpc) is 2.73. The van der Waals surface area contributed by atoms with E-state index in [0.717, 1.165) is 32.6 Å². The molecule has 2 aromatic heterocycles. The highest BCUT2D eigenvalue weighted by Crippen LogP contribution is 2.35. The van der Waals surface area contributed by atoms with E-state index >= 15 is 0 Å². The maximum Gasteiger partial charge on any atom is 0.256 e. The first kappa shape index (κ1) is 15.5. The summed E-state index contributed by atoms with van der Waals surface area (Å²) in [5.41, 5.74) is 2.28. The van der Waals surface area contributed by atoms with Gasteiger partial charge < -0.3 is 10.1 Å². The first-order valence-corrected chi connectivity index (χ1v) is 8.44. The number of rotatable bonds is 3. The van der Waals surface area contributed by atoms with E-state index in [9.17, 15) is 4.79 Å². The number of aromatic nitrogens is 3. The Balaban J connectivity index is 1.63. The lowest BCUT2D eigenvalue weighted by Gasteiger charge is -2.13. The van der Waals surface area contributed by atoms with Crippen LogP contribution in [0.25, 0.3) is 32.6 Å². The van der Waals surface area contributed by atoms with Crippen LogP contribution in [0.5, 0.6) is 5.75 Å². The quantitative estimate of drug-likeness (QED) is 0.495. The third-order valence-corrected chi connectivity index (χ3v) is 4.71. The molecule has 1 amide bonds. The van der Waals surface area contributed by atoms with Gasteiger partial charge in [-0.2, -0.15) is 0 Å². The monoisotopic (exact) mass is 354 g/mol. The Labute approximate surface area is 154 Å². The number of hydrogen-bond donors (Lipinski definition) is 1. The molecule has 0 unspecified atom stereocenters. The van der Waals surface area contributed by atoms with Crippen molar-refractivity contribution < 1.29 is 9.53 Å². The summed E-state index contributed by atoms with van der Waals surface area (Å²) in [5, 5.41) is 6.75. The number of methoxy groups -OCH3 is 1. The first-order chi connectivity index (χ1) is 13.2. The average molecular weight is 354 g/mol. The van der Waals surface area contributed by atoms with Crippen molar-refractivity contribution in [3.8, 4) is 5.75 Å².